The van der Waals surface area contributed by atoms with Gasteiger partial charge < -0.3 is 14.9 Å². The summed E-state index contributed by atoms with van der Waals surface area (Å²) >= 11 is 6.67. The van der Waals surface area contributed by atoms with E-state index < -0.39 is 34.9 Å². The summed E-state index contributed by atoms with van der Waals surface area (Å²) < 4.78 is 5.35. The molecule has 0 aromatic heterocycles. The Morgan fingerprint density at radius 2 is 2.00 bits per heavy atom. The lowest BCUT2D eigenvalue weighted by Gasteiger charge is -2.61. The summed E-state index contributed by atoms with van der Waals surface area (Å²) in [5.41, 5.74) is -0.227. The summed E-state index contributed by atoms with van der Waals surface area (Å²) in [5, 5.41) is 23.9. The molecular weight excluding hydrogens is 410 g/mol. The zero-order valence-corrected chi connectivity index (χ0v) is 18.6. The molecule has 168 valence electrons. The van der Waals surface area contributed by atoms with Crippen molar-refractivity contribution in [2.45, 2.75) is 70.5 Å². The molecular formula is C22H32ClNO6. The molecule has 2 amide bonds. The smallest absolute Gasteiger partial charge is 0.302 e. The SMILES string of the molecule is C=C1C[C@@H](O)[C@H]2[C@](C)(COC(C)=O)C[C@H](Cl)C[C@]2(C)[C@H]1C[C@H](O)[C@H]1CC(=O)NC1=O. The highest BCUT2D eigenvalue weighted by Crippen LogP contribution is 2.62. The van der Waals surface area contributed by atoms with E-state index in [0.29, 0.717) is 19.3 Å². The van der Waals surface area contributed by atoms with Crippen molar-refractivity contribution in [1.82, 2.24) is 5.32 Å². The number of imide groups is 1. The number of carbonyl (C=O) groups is 3. The third kappa shape index (κ3) is 4.16. The predicted molar refractivity (Wildman–Crippen MR) is 110 cm³/mol. The lowest BCUT2D eigenvalue weighted by molar-refractivity contribution is -0.167. The fraction of sp³-hybridized carbons (Fsp3) is 0.773. The van der Waals surface area contributed by atoms with Crippen LogP contribution in [0.3, 0.4) is 0 Å². The molecule has 30 heavy (non-hydrogen) atoms. The molecule has 8 heteroatoms. The fourth-order valence-corrected chi connectivity index (χ4v) is 7.19. The minimum Gasteiger partial charge on any atom is -0.465 e. The van der Waals surface area contributed by atoms with Crippen molar-refractivity contribution in [3.05, 3.63) is 12.2 Å². The highest BCUT2D eigenvalue weighted by molar-refractivity contribution is 6.20. The molecule has 0 aromatic carbocycles. The first-order valence-electron chi connectivity index (χ1n) is 10.5. The molecule has 0 radical (unpaired) electrons. The summed E-state index contributed by atoms with van der Waals surface area (Å²) in [6.07, 6.45) is 0.147. The second kappa shape index (κ2) is 8.24. The number of hydrogen-bond donors (Lipinski definition) is 3. The minimum absolute atomic E-state index is 0.0235. The number of ether oxygens (including phenoxy) is 1. The van der Waals surface area contributed by atoms with Gasteiger partial charge in [0, 0.05) is 24.1 Å². The van der Waals surface area contributed by atoms with Crippen LogP contribution in [0.4, 0.5) is 0 Å². The van der Waals surface area contributed by atoms with Crippen molar-refractivity contribution < 1.29 is 29.3 Å². The maximum Gasteiger partial charge on any atom is 0.302 e. The number of amides is 2. The van der Waals surface area contributed by atoms with Crippen molar-refractivity contribution in [3.63, 3.8) is 0 Å². The van der Waals surface area contributed by atoms with E-state index in [9.17, 15) is 24.6 Å². The van der Waals surface area contributed by atoms with Gasteiger partial charge in [-0.3, -0.25) is 19.7 Å². The summed E-state index contributed by atoms with van der Waals surface area (Å²) in [4.78, 5) is 35.1. The molecule has 2 saturated carbocycles. The van der Waals surface area contributed by atoms with E-state index in [4.69, 9.17) is 16.3 Å². The van der Waals surface area contributed by atoms with E-state index in [1.54, 1.807) is 0 Å². The Bertz CT molecular complexity index is 756. The standard InChI is InChI=1S/C22H32ClNO6/c1-11-5-17(27)19-21(3,10-30-12(2)25)8-13(23)9-22(19,4)15(11)7-16(26)14-6-18(28)24-20(14)29/h13-17,19,26-27H,1,5-10H2,2-4H3,(H,24,28,29)/t13-,14+,15-,16-,17+,19-,21-,22+/m0/s1. The van der Waals surface area contributed by atoms with Crippen LogP contribution in [-0.2, 0) is 19.1 Å². The number of carbonyl (C=O) groups excluding carboxylic acids is 3. The second-order valence-corrected chi connectivity index (χ2v) is 10.5. The van der Waals surface area contributed by atoms with Crippen LogP contribution in [0.5, 0.6) is 0 Å². The molecule has 0 bridgehead atoms. The van der Waals surface area contributed by atoms with Crippen LogP contribution in [0, 0.1) is 28.6 Å². The van der Waals surface area contributed by atoms with Crippen molar-refractivity contribution in [1.29, 1.82) is 0 Å². The molecule has 8 atom stereocenters. The van der Waals surface area contributed by atoms with Crippen LogP contribution in [0.15, 0.2) is 12.2 Å². The molecule has 2 aliphatic carbocycles. The van der Waals surface area contributed by atoms with Gasteiger partial charge in [0.05, 0.1) is 24.7 Å². The third-order valence-electron chi connectivity index (χ3n) is 7.51. The number of fused-ring (bicyclic) bond motifs is 1. The number of hydrogen-bond acceptors (Lipinski definition) is 6. The molecule has 1 saturated heterocycles. The quantitative estimate of drug-likeness (QED) is 0.260. The number of nitrogens with one attached hydrogen (secondary N) is 1. The third-order valence-corrected chi connectivity index (χ3v) is 7.82. The molecule has 7 nitrogen and oxygen atoms in total. The van der Waals surface area contributed by atoms with Gasteiger partial charge in [0.15, 0.2) is 0 Å². The number of rotatable bonds is 5. The monoisotopic (exact) mass is 441 g/mol. The first kappa shape index (κ1) is 23.2. The van der Waals surface area contributed by atoms with Crippen LogP contribution in [0.25, 0.3) is 0 Å². The van der Waals surface area contributed by atoms with Crippen LogP contribution < -0.4 is 5.32 Å². The Balaban J connectivity index is 1.90. The average Bonchev–Trinajstić information content (AvgIpc) is 2.94. The van der Waals surface area contributed by atoms with E-state index >= 15 is 0 Å². The molecule has 0 spiro atoms. The van der Waals surface area contributed by atoms with E-state index in [0.717, 1.165) is 5.57 Å². The van der Waals surface area contributed by atoms with Crippen molar-refractivity contribution in [3.8, 4) is 0 Å². The van der Waals surface area contributed by atoms with E-state index in [1.165, 1.54) is 6.92 Å². The number of halogens is 1. The van der Waals surface area contributed by atoms with E-state index in [-0.39, 0.29) is 48.5 Å². The minimum atomic E-state index is -0.999. The first-order chi connectivity index (χ1) is 13.9. The van der Waals surface area contributed by atoms with Gasteiger partial charge in [0.2, 0.25) is 11.8 Å². The summed E-state index contributed by atoms with van der Waals surface area (Å²) in [5.74, 6) is -2.40. The van der Waals surface area contributed by atoms with Gasteiger partial charge in [-0.15, -0.1) is 11.6 Å². The number of esters is 1. The molecule has 3 N–H and O–H groups in total. The van der Waals surface area contributed by atoms with Crippen LogP contribution in [-0.4, -0.2) is 52.2 Å². The zero-order valence-electron chi connectivity index (χ0n) is 17.8. The molecule has 0 aromatic rings. The number of aliphatic hydroxyl groups is 2. The highest BCUT2D eigenvalue weighted by atomic mass is 35.5. The van der Waals surface area contributed by atoms with Crippen LogP contribution in [0.1, 0.15) is 52.9 Å². The van der Waals surface area contributed by atoms with E-state index in [1.807, 2.05) is 13.8 Å². The maximum absolute atomic E-state index is 12.0. The van der Waals surface area contributed by atoms with Crippen molar-refractivity contribution in [2.24, 2.45) is 28.6 Å². The fourth-order valence-electron chi connectivity index (χ4n) is 6.50. The second-order valence-electron chi connectivity index (χ2n) is 9.93. The molecule has 0 unspecified atom stereocenters. The Labute approximate surface area is 182 Å². The average molecular weight is 442 g/mol. The van der Waals surface area contributed by atoms with Crippen molar-refractivity contribution >= 4 is 29.4 Å². The van der Waals surface area contributed by atoms with Gasteiger partial charge in [0.25, 0.3) is 0 Å². The first-order valence-corrected chi connectivity index (χ1v) is 11.0. The lowest BCUT2D eigenvalue weighted by atomic mass is 9.45. The molecule has 3 aliphatic rings. The largest absolute Gasteiger partial charge is 0.465 e. The van der Waals surface area contributed by atoms with E-state index in [2.05, 4.69) is 11.9 Å². The molecule has 1 aliphatic heterocycles. The summed E-state index contributed by atoms with van der Waals surface area (Å²) in [7, 11) is 0. The maximum atomic E-state index is 12.0. The lowest BCUT2D eigenvalue weighted by Crippen LogP contribution is -2.60. The van der Waals surface area contributed by atoms with Crippen LogP contribution in [0.2, 0.25) is 0 Å². The molecule has 3 rings (SSSR count). The Hall–Kier alpha value is -1.44. The summed E-state index contributed by atoms with van der Waals surface area (Å²) in [6.45, 7) is 9.72. The highest BCUT2D eigenvalue weighted by Gasteiger charge is 2.60. The normalized spacial score (nSPS) is 42.5. The van der Waals surface area contributed by atoms with Gasteiger partial charge >= 0.3 is 5.97 Å². The van der Waals surface area contributed by atoms with Gasteiger partial charge in [0.1, 0.15) is 0 Å². The van der Waals surface area contributed by atoms with Crippen molar-refractivity contribution in [2.75, 3.05) is 6.61 Å². The Morgan fingerprint density at radius 1 is 1.33 bits per heavy atom. The number of alkyl halides is 1. The van der Waals surface area contributed by atoms with Gasteiger partial charge in [-0.05, 0) is 42.9 Å². The van der Waals surface area contributed by atoms with Crippen LogP contribution >= 0.6 is 11.6 Å². The topological polar surface area (TPSA) is 113 Å². The molecule has 3 fully saturated rings. The zero-order chi connectivity index (χ0) is 22.4. The van der Waals surface area contributed by atoms with Gasteiger partial charge in [-0.2, -0.15) is 0 Å². The Morgan fingerprint density at radius 3 is 2.57 bits per heavy atom. The van der Waals surface area contributed by atoms with Gasteiger partial charge in [-0.25, -0.2) is 0 Å². The molecule has 1 heterocycles. The number of aliphatic hydroxyl groups excluding tert-OH is 2. The summed E-state index contributed by atoms with van der Waals surface area (Å²) in [6, 6.07) is 0. The predicted octanol–water partition coefficient (Wildman–Crippen LogP) is 1.93. The Kier molecular flexibility index (Phi) is 6.38. The van der Waals surface area contributed by atoms with Gasteiger partial charge in [-0.1, -0.05) is 26.0 Å².